The van der Waals surface area contributed by atoms with Crippen LogP contribution in [0.25, 0.3) is 0 Å². The SMILES string of the molecule is Cc1cc(CCc2cc(C)c(O)c(Cl)c2)cc(Cl)c1O. The summed E-state index contributed by atoms with van der Waals surface area (Å²) in [6.45, 7) is 3.65. The number of hydrogen-bond donors (Lipinski definition) is 2. The summed E-state index contributed by atoms with van der Waals surface area (Å²) >= 11 is 11.9. The van der Waals surface area contributed by atoms with Gasteiger partial charge in [-0.15, -0.1) is 0 Å². The van der Waals surface area contributed by atoms with Crippen LogP contribution in [0.1, 0.15) is 22.3 Å². The minimum atomic E-state index is 0.138. The molecule has 0 aromatic heterocycles. The van der Waals surface area contributed by atoms with Crippen LogP contribution >= 0.6 is 23.2 Å². The summed E-state index contributed by atoms with van der Waals surface area (Å²) in [6, 6.07) is 7.41. The van der Waals surface area contributed by atoms with Crippen molar-refractivity contribution in [1.82, 2.24) is 0 Å². The number of hydrogen-bond acceptors (Lipinski definition) is 2. The average Bonchev–Trinajstić information content (AvgIpc) is 2.39. The average molecular weight is 311 g/mol. The Bertz CT molecular complexity index is 547. The Kier molecular flexibility index (Phi) is 4.46. The highest BCUT2D eigenvalue weighted by Crippen LogP contribution is 2.30. The van der Waals surface area contributed by atoms with Crippen molar-refractivity contribution in [3.63, 3.8) is 0 Å². The third kappa shape index (κ3) is 3.20. The molecule has 0 aliphatic rings. The lowest BCUT2D eigenvalue weighted by atomic mass is 10.0. The van der Waals surface area contributed by atoms with Gasteiger partial charge in [0.05, 0.1) is 10.0 Å². The Morgan fingerprint density at radius 2 is 1.10 bits per heavy atom. The van der Waals surface area contributed by atoms with Crippen LogP contribution in [-0.2, 0) is 12.8 Å². The van der Waals surface area contributed by atoms with E-state index in [4.69, 9.17) is 23.2 Å². The van der Waals surface area contributed by atoms with Crippen molar-refractivity contribution >= 4 is 23.2 Å². The summed E-state index contributed by atoms with van der Waals surface area (Å²) in [7, 11) is 0. The van der Waals surface area contributed by atoms with E-state index in [0.717, 1.165) is 35.1 Å². The van der Waals surface area contributed by atoms with E-state index >= 15 is 0 Å². The van der Waals surface area contributed by atoms with E-state index in [1.54, 1.807) is 12.1 Å². The lowest BCUT2D eigenvalue weighted by molar-refractivity contribution is 0.470. The molecular weight excluding hydrogens is 295 g/mol. The number of phenols is 2. The lowest BCUT2D eigenvalue weighted by Crippen LogP contribution is -1.94. The van der Waals surface area contributed by atoms with Crippen LogP contribution < -0.4 is 0 Å². The molecule has 0 fully saturated rings. The maximum absolute atomic E-state index is 9.64. The normalized spacial score (nSPS) is 10.8. The smallest absolute Gasteiger partial charge is 0.137 e. The van der Waals surface area contributed by atoms with E-state index in [1.165, 1.54) is 0 Å². The van der Waals surface area contributed by atoms with Crippen LogP contribution in [-0.4, -0.2) is 10.2 Å². The van der Waals surface area contributed by atoms with Gasteiger partial charge >= 0.3 is 0 Å². The molecular formula is C16H16Cl2O2. The predicted molar refractivity (Wildman–Crippen MR) is 83.1 cm³/mol. The standard InChI is InChI=1S/C16H16Cl2O2/c1-9-5-11(7-13(17)15(9)19)3-4-12-6-10(2)16(20)14(18)8-12/h5-8,19-20H,3-4H2,1-2H3. The van der Waals surface area contributed by atoms with E-state index in [9.17, 15) is 10.2 Å². The van der Waals surface area contributed by atoms with Crippen LogP contribution in [0.2, 0.25) is 10.0 Å². The first-order valence-electron chi connectivity index (χ1n) is 6.34. The molecule has 0 heterocycles. The number of benzene rings is 2. The highest BCUT2D eigenvalue weighted by atomic mass is 35.5. The molecule has 0 bridgehead atoms. The summed E-state index contributed by atoms with van der Waals surface area (Å²) in [5, 5.41) is 20.0. The monoisotopic (exact) mass is 310 g/mol. The molecule has 2 nitrogen and oxygen atoms in total. The highest BCUT2D eigenvalue weighted by Gasteiger charge is 2.08. The molecule has 2 aromatic carbocycles. The molecule has 20 heavy (non-hydrogen) atoms. The molecule has 0 amide bonds. The Hall–Kier alpha value is -1.38. The van der Waals surface area contributed by atoms with Crippen molar-refractivity contribution in [1.29, 1.82) is 0 Å². The summed E-state index contributed by atoms with van der Waals surface area (Å²) in [5.74, 6) is 0.276. The number of rotatable bonds is 3. The predicted octanol–water partition coefficient (Wildman–Crippen LogP) is 4.81. The summed E-state index contributed by atoms with van der Waals surface area (Å²) in [4.78, 5) is 0. The number of aryl methyl sites for hydroxylation is 4. The van der Waals surface area contributed by atoms with Crippen molar-refractivity contribution < 1.29 is 10.2 Å². The molecule has 0 unspecified atom stereocenters. The zero-order valence-corrected chi connectivity index (χ0v) is 12.9. The molecule has 0 aliphatic carbocycles. The fourth-order valence-corrected chi connectivity index (χ4v) is 2.77. The third-order valence-corrected chi connectivity index (χ3v) is 3.91. The first-order valence-corrected chi connectivity index (χ1v) is 7.10. The number of aromatic hydroxyl groups is 2. The molecule has 2 N–H and O–H groups in total. The van der Waals surface area contributed by atoms with Crippen LogP contribution in [0.15, 0.2) is 24.3 Å². The molecule has 2 rings (SSSR count). The Morgan fingerprint density at radius 1 is 0.750 bits per heavy atom. The zero-order valence-electron chi connectivity index (χ0n) is 11.4. The molecule has 106 valence electrons. The van der Waals surface area contributed by atoms with E-state index < -0.39 is 0 Å². The second-order valence-corrected chi connectivity index (χ2v) is 5.80. The van der Waals surface area contributed by atoms with Gasteiger partial charge in [-0.25, -0.2) is 0 Å². The van der Waals surface area contributed by atoms with E-state index in [0.29, 0.717) is 10.0 Å². The molecule has 0 radical (unpaired) electrons. The van der Waals surface area contributed by atoms with Gasteiger partial charge in [0.2, 0.25) is 0 Å². The lowest BCUT2D eigenvalue weighted by Gasteiger charge is -2.09. The summed E-state index contributed by atoms with van der Waals surface area (Å²) in [5.41, 5.74) is 3.67. The number of phenolic OH excluding ortho intramolecular Hbond substituents is 2. The fraction of sp³-hybridized carbons (Fsp3) is 0.250. The molecule has 2 aromatic rings. The van der Waals surface area contributed by atoms with Gasteiger partial charge in [0.25, 0.3) is 0 Å². The second-order valence-electron chi connectivity index (χ2n) is 4.99. The largest absolute Gasteiger partial charge is 0.506 e. The Labute approximate surface area is 128 Å². The van der Waals surface area contributed by atoms with Crippen molar-refractivity contribution in [2.24, 2.45) is 0 Å². The molecule has 0 atom stereocenters. The third-order valence-electron chi connectivity index (χ3n) is 3.33. The van der Waals surface area contributed by atoms with Crippen molar-refractivity contribution in [2.45, 2.75) is 26.7 Å². The van der Waals surface area contributed by atoms with Gasteiger partial charge in [-0.1, -0.05) is 35.3 Å². The fourth-order valence-electron chi connectivity index (χ4n) is 2.19. The van der Waals surface area contributed by atoms with E-state index in [1.807, 2.05) is 26.0 Å². The first kappa shape index (κ1) is 15.0. The zero-order chi connectivity index (χ0) is 14.9. The van der Waals surface area contributed by atoms with Crippen molar-refractivity contribution in [3.05, 3.63) is 56.6 Å². The molecule has 0 aliphatic heterocycles. The second kappa shape index (κ2) is 5.94. The van der Waals surface area contributed by atoms with E-state index in [2.05, 4.69) is 0 Å². The maximum Gasteiger partial charge on any atom is 0.137 e. The maximum atomic E-state index is 9.64. The Morgan fingerprint density at radius 3 is 1.40 bits per heavy atom. The molecule has 0 saturated heterocycles. The molecule has 0 spiro atoms. The quantitative estimate of drug-likeness (QED) is 0.854. The van der Waals surface area contributed by atoms with Gasteiger partial charge in [0.15, 0.2) is 0 Å². The van der Waals surface area contributed by atoms with E-state index in [-0.39, 0.29) is 11.5 Å². The van der Waals surface area contributed by atoms with Gasteiger partial charge in [-0.2, -0.15) is 0 Å². The first-order chi connectivity index (χ1) is 9.38. The van der Waals surface area contributed by atoms with Crippen molar-refractivity contribution in [2.75, 3.05) is 0 Å². The van der Waals surface area contributed by atoms with Crippen LogP contribution in [0.4, 0.5) is 0 Å². The van der Waals surface area contributed by atoms with Gasteiger partial charge < -0.3 is 10.2 Å². The van der Waals surface area contributed by atoms with Gasteiger partial charge in [-0.05, 0) is 61.1 Å². The highest BCUT2D eigenvalue weighted by molar-refractivity contribution is 6.32. The Balaban J connectivity index is 2.17. The molecule has 0 saturated carbocycles. The van der Waals surface area contributed by atoms with Gasteiger partial charge in [-0.3, -0.25) is 0 Å². The minimum Gasteiger partial charge on any atom is -0.506 e. The summed E-state index contributed by atoms with van der Waals surface area (Å²) in [6.07, 6.45) is 1.59. The van der Waals surface area contributed by atoms with Gasteiger partial charge in [0, 0.05) is 0 Å². The summed E-state index contributed by atoms with van der Waals surface area (Å²) < 4.78 is 0. The number of halogens is 2. The van der Waals surface area contributed by atoms with Crippen LogP contribution in [0.5, 0.6) is 11.5 Å². The van der Waals surface area contributed by atoms with Crippen molar-refractivity contribution in [3.8, 4) is 11.5 Å². The topological polar surface area (TPSA) is 40.5 Å². The molecule has 4 heteroatoms. The van der Waals surface area contributed by atoms with Crippen LogP contribution in [0.3, 0.4) is 0 Å². The minimum absolute atomic E-state index is 0.138. The van der Waals surface area contributed by atoms with Crippen LogP contribution in [0, 0.1) is 13.8 Å². The van der Waals surface area contributed by atoms with Gasteiger partial charge in [0.1, 0.15) is 11.5 Å².